The lowest BCUT2D eigenvalue weighted by atomic mass is 10.2. The lowest BCUT2D eigenvalue weighted by Gasteiger charge is -2.11. The molecule has 1 amide bonds. The van der Waals surface area contributed by atoms with Gasteiger partial charge in [-0.2, -0.15) is 0 Å². The molecule has 1 atom stereocenters. The molecule has 4 heteroatoms. The molecule has 1 aromatic carbocycles. The van der Waals surface area contributed by atoms with Gasteiger partial charge in [0.05, 0.1) is 5.25 Å². The lowest BCUT2D eigenvalue weighted by molar-refractivity contribution is -0.120. The van der Waals surface area contributed by atoms with Crippen molar-refractivity contribution in [1.82, 2.24) is 5.32 Å². The van der Waals surface area contributed by atoms with Gasteiger partial charge < -0.3 is 5.32 Å². The van der Waals surface area contributed by atoms with Crippen molar-refractivity contribution in [3.8, 4) is 0 Å². The van der Waals surface area contributed by atoms with Crippen molar-refractivity contribution >= 4 is 33.6 Å². The Labute approximate surface area is 122 Å². The summed E-state index contributed by atoms with van der Waals surface area (Å²) in [7, 11) is 0. The van der Waals surface area contributed by atoms with Gasteiger partial charge in [0.15, 0.2) is 0 Å². The van der Waals surface area contributed by atoms with Crippen LogP contribution in [0.15, 0.2) is 33.6 Å². The van der Waals surface area contributed by atoms with Crippen LogP contribution in [-0.2, 0) is 4.79 Å². The van der Waals surface area contributed by atoms with Gasteiger partial charge in [0.2, 0.25) is 5.91 Å². The number of rotatable bonds is 7. The molecule has 0 bridgehead atoms. The van der Waals surface area contributed by atoms with Crippen LogP contribution >= 0.6 is 27.7 Å². The number of carbonyl (C=O) groups is 1. The molecule has 1 rings (SSSR count). The smallest absolute Gasteiger partial charge is 0.233 e. The molecular formula is C14H20BrNOS. The average Bonchev–Trinajstić information content (AvgIpc) is 2.37. The zero-order chi connectivity index (χ0) is 13.4. The number of benzene rings is 1. The molecule has 1 aromatic rings. The summed E-state index contributed by atoms with van der Waals surface area (Å²) >= 11 is 4.99. The summed E-state index contributed by atoms with van der Waals surface area (Å²) in [6.07, 6.45) is 3.42. The van der Waals surface area contributed by atoms with Crippen LogP contribution in [0.25, 0.3) is 0 Å². The third kappa shape index (κ3) is 5.91. The van der Waals surface area contributed by atoms with E-state index in [1.54, 1.807) is 11.8 Å². The monoisotopic (exact) mass is 329 g/mol. The van der Waals surface area contributed by atoms with Crippen LogP contribution in [0.5, 0.6) is 0 Å². The molecule has 0 saturated carbocycles. The summed E-state index contributed by atoms with van der Waals surface area (Å²) in [5.41, 5.74) is 0. The van der Waals surface area contributed by atoms with Gasteiger partial charge in [-0.25, -0.2) is 0 Å². The number of nitrogens with one attached hydrogen (secondary N) is 1. The topological polar surface area (TPSA) is 29.1 Å². The molecule has 0 aliphatic heterocycles. The predicted molar refractivity (Wildman–Crippen MR) is 82.0 cm³/mol. The second kappa shape index (κ2) is 8.59. The first kappa shape index (κ1) is 15.6. The highest BCUT2D eigenvalue weighted by molar-refractivity contribution is 9.10. The standard InChI is InChI=1S/C14H20BrNOS/c1-3-4-5-10-16-14(17)11(2)18-13-8-6-12(15)7-9-13/h6-9,11H,3-5,10H2,1-2H3,(H,16,17). The van der Waals surface area contributed by atoms with Gasteiger partial charge in [-0.1, -0.05) is 35.7 Å². The number of amides is 1. The summed E-state index contributed by atoms with van der Waals surface area (Å²) in [5.74, 6) is 0.124. The van der Waals surface area contributed by atoms with Crippen molar-refractivity contribution < 1.29 is 4.79 Å². The molecule has 0 aromatic heterocycles. The van der Waals surface area contributed by atoms with Crippen LogP contribution in [0.3, 0.4) is 0 Å². The number of hydrogen-bond acceptors (Lipinski definition) is 2. The van der Waals surface area contributed by atoms with Gasteiger partial charge in [0.25, 0.3) is 0 Å². The maximum atomic E-state index is 11.8. The van der Waals surface area contributed by atoms with E-state index in [0.717, 1.165) is 22.3 Å². The minimum Gasteiger partial charge on any atom is -0.355 e. The van der Waals surface area contributed by atoms with Gasteiger partial charge in [0, 0.05) is 15.9 Å². The van der Waals surface area contributed by atoms with Gasteiger partial charge in [-0.05, 0) is 37.6 Å². The van der Waals surface area contributed by atoms with Crippen molar-refractivity contribution in [1.29, 1.82) is 0 Å². The Kier molecular flexibility index (Phi) is 7.44. The zero-order valence-corrected chi connectivity index (χ0v) is 13.3. The molecule has 0 radical (unpaired) electrons. The van der Waals surface area contributed by atoms with Crippen molar-refractivity contribution in [2.24, 2.45) is 0 Å². The van der Waals surface area contributed by atoms with Crippen molar-refractivity contribution in [3.05, 3.63) is 28.7 Å². The summed E-state index contributed by atoms with van der Waals surface area (Å²) in [4.78, 5) is 13.0. The predicted octanol–water partition coefficient (Wildman–Crippen LogP) is 4.24. The van der Waals surface area contributed by atoms with E-state index >= 15 is 0 Å². The van der Waals surface area contributed by atoms with Crippen molar-refractivity contribution in [2.75, 3.05) is 6.54 Å². The van der Waals surface area contributed by atoms with Crippen LogP contribution in [0.4, 0.5) is 0 Å². The van der Waals surface area contributed by atoms with Crippen molar-refractivity contribution in [3.63, 3.8) is 0 Å². The van der Waals surface area contributed by atoms with E-state index in [2.05, 4.69) is 28.2 Å². The largest absolute Gasteiger partial charge is 0.355 e. The fourth-order valence-corrected chi connectivity index (χ4v) is 2.66. The Morgan fingerprint density at radius 2 is 2.00 bits per heavy atom. The minimum absolute atomic E-state index is 0.0483. The van der Waals surface area contributed by atoms with Crippen LogP contribution in [-0.4, -0.2) is 17.7 Å². The Bertz CT molecular complexity index is 367. The molecular weight excluding hydrogens is 310 g/mol. The maximum absolute atomic E-state index is 11.8. The van der Waals surface area contributed by atoms with E-state index in [9.17, 15) is 4.79 Å². The average molecular weight is 330 g/mol. The lowest BCUT2D eigenvalue weighted by Crippen LogP contribution is -2.31. The Hall–Kier alpha value is -0.480. The molecule has 1 unspecified atom stereocenters. The van der Waals surface area contributed by atoms with E-state index in [-0.39, 0.29) is 11.2 Å². The number of hydrogen-bond donors (Lipinski definition) is 1. The van der Waals surface area contributed by atoms with Crippen LogP contribution in [0.1, 0.15) is 33.1 Å². The van der Waals surface area contributed by atoms with Crippen LogP contribution < -0.4 is 5.32 Å². The third-order valence-corrected chi connectivity index (χ3v) is 4.22. The summed E-state index contributed by atoms with van der Waals surface area (Å²) in [5, 5.41) is 2.93. The van der Waals surface area contributed by atoms with Gasteiger partial charge in [0.1, 0.15) is 0 Å². The van der Waals surface area contributed by atoms with Crippen LogP contribution in [0, 0.1) is 0 Å². The Morgan fingerprint density at radius 3 is 2.61 bits per heavy atom. The number of halogens is 1. The zero-order valence-electron chi connectivity index (χ0n) is 10.9. The molecule has 2 nitrogen and oxygen atoms in total. The number of carbonyl (C=O) groups excluding carboxylic acids is 1. The first-order chi connectivity index (χ1) is 8.63. The third-order valence-electron chi connectivity index (χ3n) is 2.58. The quantitative estimate of drug-likeness (QED) is 0.599. The fraction of sp³-hybridized carbons (Fsp3) is 0.500. The molecule has 0 heterocycles. The summed E-state index contributed by atoms with van der Waals surface area (Å²) < 4.78 is 1.06. The molecule has 100 valence electrons. The molecule has 0 spiro atoms. The second-order valence-electron chi connectivity index (χ2n) is 4.21. The highest BCUT2D eigenvalue weighted by Crippen LogP contribution is 2.24. The molecule has 0 aliphatic carbocycles. The van der Waals surface area contributed by atoms with Gasteiger partial charge in [-0.15, -0.1) is 11.8 Å². The van der Waals surface area contributed by atoms with E-state index in [0.29, 0.717) is 0 Å². The highest BCUT2D eigenvalue weighted by Gasteiger charge is 2.13. The number of unbranched alkanes of at least 4 members (excludes halogenated alkanes) is 2. The molecule has 1 N–H and O–H groups in total. The molecule has 18 heavy (non-hydrogen) atoms. The maximum Gasteiger partial charge on any atom is 0.233 e. The molecule has 0 saturated heterocycles. The Balaban J connectivity index is 2.33. The van der Waals surface area contributed by atoms with Gasteiger partial charge >= 0.3 is 0 Å². The molecule has 0 aliphatic rings. The Morgan fingerprint density at radius 1 is 1.33 bits per heavy atom. The number of thioether (sulfide) groups is 1. The van der Waals surface area contributed by atoms with Crippen molar-refractivity contribution in [2.45, 2.75) is 43.3 Å². The van der Waals surface area contributed by atoms with E-state index in [4.69, 9.17) is 0 Å². The second-order valence-corrected chi connectivity index (χ2v) is 6.54. The summed E-state index contributed by atoms with van der Waals surface area (Å²) in [6.45, 7) is 4.90. The summed E-state index contributed by atoms with van der Waals surface area (Å²) in [6, 6.07) is 8.04. The SMILES string of the molecule is CCCCCNC(=O)C(C)Sc1ccc(Br)cc1. The van der Waals surface area contributed by atoms with Gasteiger partial charge in [-0.3, -0.25) is 4.79 Å². The van der Waals surface area contributed by atoms with E-state index in [1.165, 1.54) is 12.8 Å². The first-order valence-electron chi connectivity index (χ1n) is 6.33. The van der Waals surface area contributed by atoms with E-state index in [1.807, 2.05) is 31.2 Å². The van der Waals surface area contributed by atoms with Crippen LogP contribution in [0.2, 0.25) is 0 Å². The fourth-order valence-electron chi connectivity index (χ4n) is 1.50. The first-order valence-corrected chi connectivity index (χ1v) is 8.00. The highest BCUT2D eigenvalue weighted by atomic mass is 79.9. The minimum atomic E-state index is -0.0483. The van der Waals surface area contributed by atoms with E-state index < -0.39 is 0 Å². The molecule has 0 fully saturated rings. The normalized spacial score (nSPS) is 12.2.